The lowest BCUT2D eigenvalue weighted by atomic mass is 9.82. The summed E-state index contributed by atoms with van der Waals surface area (Å²) in [6.45, 7) is 6.31. The van der Waals surface area contributed by atoms with Crippen molar-refractivity contribution in [2.24, 2.45) is 0 Å². The Morgan fingerprint density at radius 1 is 1.12 bits per heavy atom. The van der Waals surface area contributed by atoms with Crippen LogP contribution in [0.4, 0.5) is 14.5 Å². The molecule has 0 atom stereocenters. The maximum atomic E-state index is 14.2. The number of pyridine rings is 1. The number of halogens is 2. The van der Waals surface area contributed by atoms with E-state index in [9.17, 15) is 8.78 Å². The number of nitrogens with zero attached hydrogens (tertiary/aromatic N) is 4. The first-order valence-corrected chi connectivity index (χ1v) is 11.0. The highest BCUT2D eigenvalue weighted by molar-refractivity contribution is 5.67. The van der Waals surface area contributed by atoms with Crippen LogP contribution in [0.2, 0.25) is 0 Å². The summed E-state index contributed by atoms with van der Waals surface area (Å²) in [5.74, 6) is 0.785. The molecule has 168 valence electrons. The van der Waals surface area contributed by atoms with Gasteiger partial charge in [-0.15, -0.1) is 0 Å². The molecule has 1 N–H and O–H groups in total. The fourth-order valence-corrected chi connectivity index (χ4v) is 4.87. The summed E-state index contributed by atoms with van der Waals surface area (Å²) in [6, 6.07) is 5.74. The molecule has 0 radical (unpaired) electrons. The highest BCUT2D eigenvalue weighted by atomic mass is 19.1. The summed E-state index contributed by atoms with van der Waals surface area (Å²) < 4.78 is 35.0. The van der Waals surface area contributed by atoms with Gasteiger partial charge in [0.1, 0.15) is 17.5 Å². The molecule has 1 saturated heterocycles. The first-order valence-electron chi connectivity index (χ1n) is 11.0. The molecule has 1 aromatic carbocycles. The van der Waals surface area contributed by atoms with Crippen LogP contribution in [0.1, 0.15) is 49.7 Å². The van der Waals surface area contributed by atoms with Gasteiger partial charge in [-0.3, -0.25) is 9.47 Å². The number of piperidine rings is 1. The molecule has 5 rings (SSSR count). The van der Waals surface area contributed by atoms with E-state index < -0.39 is 11.6 Å². The lowest BCUT2D eigenvalue weighted by Gasteiger charge is -2.46. The van der Waals surface area contributed by atoms with Crippen molar-refractivity contribution < 1.29 is 13.5 Å². The van der Waals surface area contributed by atoms with Gasteiger partial charge in [0.05, 0.1) is 42.1 Å². The van der Waals surface area contributed by atoms with E-state index >= 15 is 0 Å². The highest BCUT2D eigenvalue weighted by Gasteiger charge is 2.43. The predicted molar refractivity (Wildman–Crippen MR) is 118 cm³/mol. The van der Waals surface area contributed by atoms with E-state index in [1.165, 1.54) is 12.1 Å². The average Bonchev–Trinajstić information content (AvgIpc) is 3.24. The second-order valence-electron chi connectivity index (χ2n) is 8.95. The van der Waals surface area contributed by atoms with Crippen LogP contribution in [-0.2, 0) is 12.1 Å². The maximum absolute atomic E-state index is 14.2. The van der Waals surface area contributed by atoms with Crippen molar-refractivity contribution in [2.45, 2.75) is 44.7 Å². The van der Waals surface area contributed by atoms with Gasteiger partial charge in [-0.25, -0.2) is 18.7 Å². The number of nitrogens with one attached hydrogen (secondary N) is 1. The average molecular weight is 440 g/mol. The summed E-state index contributed by atoms with van der Waals surface area (Å²) in [7, 11) is 1.61. The lowest BCUT2D eigenvalue weighted by Crippen LogP contribution is -2.49. The summed E-state index contributed by atoms with van der Waals surface area (Å²) in [5.41, 5.74) is 3.32. The third-order valence-corrected chi connectivity index (χ3v) is 6.60. The third-order valence-electron chi connectivity index (χ3n) is 6.60. The summed E-state index contributed by atoms with van der Waals surface area (Å²) in [4.78, 5) is 11.4. The molecular weight excluding hydrogens is 412 g/mol. The van der Waals surface area contributed by atoms with E-state index in [1.807, 2.05) is 18.5 Å². The van der Waals surface area contributed by atoms with Gasteiger partial charge in [-0.1, -0.05) is 19.9 Å². The molecule has 2 aliphatic heterocycles. The topological polar surface area (TPSA) is 55.2 Å². The first-order chi connectivity index (χ1) is 15.4. The summed E-state index contributed by atoms with van der Waals surface area (Å²) >= 11 is 0. The molecule has 3 aromatic rings. The van der Waals surface area contributed by atoms with Crippen LogP contribution in [0.25, 0.3) is 5.69 Å². The van der Waals surface area contributed by atoms with Gasteiger partial charge < -0.3 is 10.1 Å². The number of aromatic nitrogens is 3. The van der Waals surface area contributed by atoms with Gasteiger partial charge in [0.15, 0.2) is 0 Å². The Kier molecular flexibility index (Phi) is 5.12. The molecule has 0 amide bonds. The summed E-state index contributed by atoms with van der Waals surface area (Å²) in [5, 5.41) is 3.77. The Morgan fingerprint density at radius 2 is 1.91 bits per heavy atom. The number of ether oxygens (including phenoxy) is 1. The molecule has 2 aliphatic rings. The highest BCUT2D eigenvalue weighted by Crippen LogP contribution is 2.45. The van der Waals surface area contributed by atoms with E-state index in [0.29, 0.717) is 18.0 Å². The zero-order valence-corrected chi connectivity index (χ0v) is 18.5. The van der Waals surface area contributed by atoms with Gasteiger partial charge in [0, 0.05) is 43.2 Å². The standard InChI is InChI=1S/C24H27F2N5O/c1-15(2)23-28-13-21-24(29-19-11-22(32-3)27-12-20(19)31(21)23)6-8-30(9-7-24)14-16-4-5-17(25)10-18(16)26/h4-5,10-13,15,29H,6-9,14H2,1-3H3. The van der Waals surface area contributed by atoms with Crippen molar-refractivity contribution in [1.29, 1.82) is 0 Å². The molecule has 1 spiro atoms. The van der Waals surface area contributed by atoms with Crippen LogP contribution >= 0.6 is 0 Å². The molecular formula is C24H27F2N5O. The van der Waals surface area contributed by atoms with Crippen molar-refractivity contribution >= 4 is 5.69 Å². The molecule has 1 fully saturated rings. The van der Waals surface area contributed by atoms with Gasteiger partial charge in [-0.2, -0.15) is 0 Å². The number of imidazole rings is 1. The molecule has 32 heavy (non-hydrogen) atoms. The Hall–Kier alpha value is -3.00. The third kappa shape index (κ3) is 3.43. The SMILES string of the molecule is COc1cc2c(cn1)-n1c(cnc1C(C)C)C1(CCN(Cc3ccc(F)cc3F)CC1)N2. The minimum atomic E-state index is -0.548. The number of fused-ring (bicyclic) bond motifs is 4. The molecule has 0 bridgehead atoms. The number of anilines is 1. The Labute approximate surface area is 186 Å². The van der Waals surface area contributed by atoms with Crippen LogP contribution in [-0.4, -0.2) is 39.6 Å². The Balaban J connectivity index is 1.45. The van der Waals surface area contributed by atoms with E-state index in [2.05, 4.69) is 33.6 Å². The monoisotopic (exact) mass is 439 g/mol. The van der Waals surface area contributed by atoms with Crippen LogP contribution < -0.4 is 10.1 Å². The molecule has 4 heterocycles. The van der Waals surface area contributed by atoms with Crippen LogP contribution in [0.5, 0.6) is 5.88 Å². The molecule has 2 aromatic heterocycles. The normalized spacial score (nSPS) is 17.2. The first kappa shape index (κ1) is 20.9. The van der Waals surface area contributed by atoms with Gasteiger partial charge in [-0.05, 0) is 18.9 Å². The number of methoxy groups -OCH3 is 1. The van der Waals surface area contributed by atoms with E-state index in [-0.39, 0.29) is 11.5 Å². The van der Waals surface area contributed by atoms with E-state index in [0.717, 1.165) is 54.9 Å². The molecule has 6 nitrogen and oxygen atoms in total. The van der Waals surface area contributed by atoms with Crippen molar-refractivity contribution in [3.63, 3.8) is 0 Å². The molecule has 0 aliphatic carbocycles. The number of hydrogen-bond donors (Lipinski definition) is 1. The number of hydrogen-bond acceptors (Lipinski definition) is 5. The van der Waals surface area contributed by atoms with Crippen LogP contribution in [0, 0.1) is 11.6 Å². The van der Waals surface area contributed by atoms with Gasteiger partial charge in [0.2, 0.25) is 5.88 Å². The molecule has 8 heteroatoms. The zero-order chi connectivity index (χ0) is 22.5. The fourth-order valence-electron chi connectivity index (χ4n) is 4.87. The maximum Gasteiger partial charge on any atom is 0.215 e. The minimum Gasteiger partial charge on any atom is -0.481 e. The zero-order valence-electron chi connectivity index (χ0n) is 18.5. The van der Waals surface area contributed by atoms with Gasteiger partial charge in [0.25, 0.3) is 0 Å². The van der Waals surface area contributed by atoms with E-state index in [1.54, 1.807) is 7.11 Å². The number of likely N-dealkylation sites (tertiary alicyclic amines) is 1. The Bertz CT molecular complexity index is 1150. The predicted octanol–water partition coefficient (Wildman–Crippen LogP) is 4.59. The van der Waals surface area contributed by atoms with Gasteiger partial charge >= 0.3 is 0 Å². The molecule has 0 saturated carbocycles. The van der Waals surface area contributed by atoms with Crippen molar-refractivity contribution in [1.82, 2.24) is 19.4 Å². The second kappa shape index (κ2) is 7.85. The number of benzene rings is 1. The number of rotatable bonds is 4. The molecule has 0 unspecified atom stereocenters. The smallest absolute Gasteiger partial charge is 0.215 e. The summed E-state index contributed by atoms with van der Waals surface area (Å²) in [6.07, 6.45) is 5.48. The van der Waals surface area contributed by atoms with Crippen molar-refractivity contribution in [2.75, 3.05) is 25.5 Å². The van der Waals surface area contributed by atoms with Crippen molar-refractivity contribution in [3.05, 3.63) is 65.4 Å². The quantitative estimate of drug-likeness (QED) is 0.644. The van der Waals surface area contributed by atoms with Crippen LogP contribution in [0.3, 0.4) is 0 Å². The largest absolute Gasteiger partial charge is 0.481 e. The second-order valence-corrected chi connectivity index (χ2v) is 8.95. The minimum absolute atomic E-state index is 0.260. The van der Waals surface area contributed by atoms with Crippen LogP contribution in [0.15, 0.2) is 36.7 Å². The fraction of sp³-hybridized carbons (Fsp3) is 0.417. The van der Waals surface area contributed by atoms with E-state index in [4.69, 9.17) is 9.72 Å². The Morgan fingerprint density at radius 3 is 2.59 bits per heavy atom. The lowest BCUT2D eigenvalue weighted by molar-refractivity contribution is 0.160. The van der Waals surface area contributed by atoms with Crippen molar-refractivity contribution in [3.8, 4) is 11.6 Å².